The summed E-state index contributed by atoms with van der Waals surface area (Å²) in [6.07, 6.45) is 0. The van der Waals surface area contributed by atoms with Crippen LogP contribution < -0.4 is 0 Å². The molecule has 0 aliphatic heterocycles. The number of hydrogen-bond acceptors (Lipinski definition) is 2. The molecule has 1 heterocycles. The molecule has 1 aromatic heterocycles. The topological polar surface area (TPSA) is 30.7 Å². The second kappa shape index (κ2) is 4.33. The average Bonchev–Trinajstić information content (AvgIpc) is 2.59. The fourth-order valence-electron chi connectivity index (χ4n) is 1.36. The Kier molecular flexibility index (Phi) is 3.07. The summed E-state index contributed by atoms with van der Waals surface area (Å²) in [5.74, 6) is 1.97. The van der Waals surface area contributed by atoms with Crippen LogP contribution in [0.2, 0.25) is 0 Å². The zero-order chi connectivity index (χ0) is 10.8. The summed E-state index contributed by atoms with van der Waals surface area (Å²) in [5.41, 5.74) is 1.02. The van der Waals surface area contributed by atoms with Crippen molar-refractivity contribution in [1.29, 1.82) is 0 Å². The fourth-order valence-corrected chi connectivity index (χ4v) is 1.99. The van der Waals surface area contributed by atoms with Gasteiger partial charge in [0.05, 0.1) is 5.88 Å². The van der Waals surface area contributed by atoms with Gasteiger partial charge in [-0.2, -0.15) is 0 Å². The summed E-state index contributed by atoms with van der Waals surface area (Å²) in [7, 11) is 1.91. The minimum Gasteiger partial charge on any atom is -0.313 e. The van der Waals surface area contributed by atoms with Gasteiger partial charge in [-0.25, -0.2) is 0 Å². The Labute approximate surface area is 101 Å². The molecule has 2 rings (SSSR count). The van der Waals surface area contributed by atoms with Crippen LogP contribution >= 0.6 is 27.5 Å². The first-order chi connectivity index (χ1) is 7.22. The molecule has 0 atom stereocenters. The predicted molar refractivity (Wildman–Crippen MR) is 63.7 cm³/mol. The molecule has 0 aliphatic carbocycles. The van der Waals surface area contributed by atoms with E-state index < -0.39 is 0 Å². The van der Waals surface area contributed by atoms with E-state index in [0.717, 1.165) is 21.7 Å². The van der Waals surface area contributed by atoms with Gasteiger partial charge in [-0.15, -0.1) is 21.8 Å². The van der Waals surface area contributed by atoms with Crippen LogP contribution in [0.5, 0.6) is 0 Å². The van der Waals surface area contributed by atoms with Crippen LogP contribution in [0.15, 0.2) is 28.7 Å². The van der Waals surface area contributed by atoms with Crippen molar-refractivity contribution in [2.75, 3.05) is 0 Å². The van der Waals surface area contributed by atoms with Gasteiger partial charge in [0.15, 0.2) is 5.82 Å². The maximum Gasteiger partial charge on any atom is 0.163 e. The van der Waals surface area contributed by atoms with E-state index in [0.29, 0.717) is 5.88 Å². The highest BCUT2D eigenvalue weighted by atomic mass is 79.9. The van der Waals surface area contributed by atoms with Gasteiger partial charge in [0.2, 0.25) is 0 Å². The molecule has 0 spiro atoms. The summed E-state index contributed by atoms with van der Waals surface area (Å²) >= 11 is 9.16. The zero-order valence-corrected chi connectivity index (χ0v) is 10.5. The summed E-state index contributed by atoms with van der Waals surface area (Å²) < 4.78 is 2.92. The van der Waals surface area contributed by atoms with Crippen molar-refractivity contribution in [3.63, 3.8) is 0 Å². The van der Waals surface area contributed by atoms with Crippen LogP contribution in [-0.4, -0.2) is 14.8 Å². The third kappa shape index (κ3) is 2.06. The molecule has 1 aromatic carbocycles. The van der Waals surface area contributed by atoms with Crippen molar-refractivity contribution >= 4 is 27.5 Å². The van der Waals surface area contributed by atoms with Crippen LogP contribution in [-0.2, 0) is 12.9 Å². The zero-order valence-electron chi connectivity index (χ0n) is 8.11. The molecule has 0 amide bonds. The summed E-state index contributed by atoms with van der Waals surface area (Å²) in [5, 5.41) is 8.11. The number of hydrogen-bond donors (Lipinski definition) is 0. The van der Waals surface area contributed by atoms with E-state index in [2.05, 4.69) is 26.1 Å². The second-order valence-electron chi connectivity index (χ2n) is 3.14. The van der Waals surface area contributed by atoms with E-state index in [1.165, 1.54) is 0 Å². The van der Waals surface area contributed by atoms with E-state index in [9.17, 15) is 0 Å². The third-order valence-electron chi connectivity index (χ3n) is 2.17. The number of benzene rings is 1. The van der Waals surface area contributed by atoms with E-state index >= 15 is 0 Å². The summed E-state index contributed by atoms with van der Waals surface area (Å²) in [4.78, 5) is 0. The molecule has 15 heavy (non-hydrogen) atoms. The van der Waals surface area contributed by atoms with Crippen LogP contribution in [0.25, 0.3) is 11.4 Å². The molecule has 0 saturated carbocycles. The van der Waals surface area contributed by atoms with Gasteiger partial charge in [-0.1, -0.05) is 28.1 Å². The van der Waals surface area contributed by atoms with Crippen molar-refractivity contribution in [1.82, 2.24) is 14.8 Å². The lowest BCUT2D eigenvalue weighted by Gasteiger charge is -2.02. The maximum absolute atomic E-state index is 5.73. The first-order valence-electron chi connectivity index (χ1n) is 4.42. The van der Waals surface area contributed by atoms with Crippen LogP contribution in [0.3, 0.4) is 0 Å². The molecule has 5 heteroatoms. The Morgan fingerprint density at radius 3 is 2.80 bits per heavy atom. The Hall–Kier alpha value is -0.870. The number of aromatic nitrogens is 3. The van der Waals surface area contributed by atoms with E-state index in [1.807, 2.05) is 35.9 Å². The summed E-state index contributed by atoms with van der Waals surface area (Å²) in [6.45, 7) is 0. The smallest absolute Gasteiger partial charge is 0.163 e. The number of rotatable bonds is 2. The highest BCUT2D eigenvalue weighted by Gasteiger charge is 2.09. The molecular weight excluding hydrogens is 277 g/mol. The first-order valence-corrected chi connectivity index (χ1v) is 5.75. The van der Waals surface area contributed by atoms with Crippen molar-refractivity contribution in [3.8, 4) is 11.4 Å². The Bertz CT molecular complexity index is 481. The van der Waals surface area contributed by atoms with Crippen molar-refractivity contribution in [2.24, 2.45) is 7.05 Å². The maximum atomic E-state index is 5.73. The van der Waals surface area contributed by atoms with Gasteiger partial charge >= 0.3 is 0 Å². The minimum absolute atomic E-state index is 0.373. The predicted octanol–water partition coefficient (Wildman–Crippen LogP) is 2.98. The van der Waals surface area contributed by atoms with Gasteiger partial charge in [0.1, 0.15) is 5.82 Å². The van der Waals surface area contributed by atoms with Crippen molar-refractivity contribution < 1.29 is 0 Å². The molecule has 0 aliphatic rings. The Balaban J connectivity index is 2.49. The Morgan fingerprint density at radius 1 is 1.40 bits per heavy atom. The molecular formula is C10H9BrClN3. The van der Waals surface area contributed by atoms with Gasteiger partial charge in [-0.3, -0.25) is 0 Å². The third-order valence-corrected chi connectivity index (χ3v) is 2.90. The lowest BCUT2D eigenvalue weighted by atomic mass is 10.2. The SMILES string of the molecule is Cn1c(CCl)nnc1-c1cccc(Br)c1. The fraction of sp³-hybridized carbons (Fsp3) is 0.200. The lowest BCUT2D eigenvalue weighted by molar-refractivity contribution is 0.853. The van der Waals surface area contributed by atoms with Crippen LogP contribution in [0.1, 0.15) is 5.82 Å². The lowest BCUT2D eigenvalue weighted by Crippen LogP contribution is -1.97. The molecule has 0 unspecified atom stereocenters. The number of alkyl halides is 1. The van der Waals surface area contributed by atoms with E-state index in [-0.39, 0.29) is 0 Å². The average molecular weight is 287 g/mol. The van der Waals surface area contributed by atoms with Crippen molar-refractivity contribution in [3.05, 3.63) is 34.6 Å². The first kappa shape index (κ1) is 10.6. The van der Waals surface area contributed by atoms with Crippen LogP contribution in [0.4, 0.5) is 0 Å². The highest BCUT2D eigenvalue weighted by Crippen LogP contribution is 2.21. The minimum atomic E-state index is 0.373. The Morgan fingerprint density at radius 2 is 2.20 bits per heavy atom. The van der Waals surface area contributed by atoms with Gasteiger partial charge in [0, 0.05) is 17.1 Å². The molecule has 2 aromatic rings. The highest BCUT2D eigenvalue weighted by molar-refractivity contribution is 9.10. The quantitative estimate of drug-likeness (QED) is 0.795. The number of nitrogens with zero attached hydrogens (tertiary/aromatic N) is 3. The molecule has 0 fully saturated rings. The molecule has 3 nitrogen and oxygen atoms in total. The molecule has 0 radical (unpaired) electrons. The molecule has 0 bridgehead atoms. The van der Waals surface area contributed by atoms with E-state index in [1.54, 1.807) is 0 Å². The van der Waals surface area contributed by atoms with E-state index in [4.69, 9.17) is 11.6 Å². The largest absolute Gasteiger partial charge is 0.313 e. The second-order valence-corrected chi connectivity index (χ2v) is 4.33. The van der Waals surface area contributed by atoms with Gasteiger partial charge in [-0.05, 0) is 12.1 Å². The summed E-state index contributed by atoms with van der Waals surface area (Å²) in [6, 6.07) is 7.94. The molecule has 0 N–H and O–H groups in total. The monoisotopic (exact) mass is 285 g/mol. The molecule has 78 valence electrons. The van der Waals surface area contributed by atoms with Crippen molar-refractivity contribution in [2.45, 2.75) is 5.88 Å². The van der Waals surface area contributed by atoms with Crippen LogP contribution in [0, 0.1) is 0 Å². The standard InChI is InChI=1S/C10H9BrClN3/c1-15-9(6-12)13-14-10(15)7-3-2-4-8(11)5-7/h2-5H,6H2,1H3. The molecule has 0 saturated heterocycles. The van der Waals surface area contributed by atoms with Gasteiger partial charge in [0.25, 0.3) is 0 Å². The number of halogens is 2. The van der Waals surface area contributed by atoms with Gasteiger partial charge < -0.3 is 4.57 Å². The normalized spacial score (nSPS) is 10.6.